The summed E-state index contributed by atoms with van der Waals surface area (Å²) in [5.74, 6) is -0.120. The van der Waals surface area contributed by atoms with Gasteiger partial charge in [-0.05, 0) is 54.5 Å². The zero-order valence-electron chi connectivity index (χ0n) is 15.0. The molecule has 1 atom stereocenters. The molecule has 1 aromatic carbocycles. The van der Waals surface area contributed by atoms with E-state index in [-0.39, 0.29) is 16.9 Å². The standard InChI is InChI=1S/C18H23N5O2S/c1-12(17(25)14-8-10-15(11-9-14)19-13(2)24)26-18-20-21-22-23(18)16-6-4-3-5-7-16/h8-12,16H,3-7H2,1-2H3,(H,19,24)/t12-/m0/s1. The average Bonchev–Trinajstić information content (AvgIpc) is 3.10. The van der Waals surface area contributed by atoms with E-state index >= 15 is 0 Å². The third-order valence-electron chi connectivity index (χ3n) is 4.52. The van der Waals surface area contributed by atoms with Crippen LogP contribution in [0.1, 0.15) is 62.4 Å². The van der Waals surface area contributed by atoms with E-state index in [0.29, 0.717) is 22.4 Å². The van der Waals surface area contributed by atoms with E-state index in [2.05, 4.69) is 20.8 Å². The molecule has 26 heavy (non-hydrogen) atoms. The third-order valence-corrected chi connectivity index (χ3v) is 5.57. The van der Waals surface area contributed by atoms with Gasteiger partial charge < -0.3 is 5.32 Å². The maximum absolute atomic E-state index is 12.7. The van der Waals surface area contributed by atoms with Gasteiger partial charge in [0, 0.05) is 18.2 Å². The van der Waals surface area contributed by atoms with Crippen LogP contribution in [-0.4, -0.2) is 37.1 Å². The first kappa shape index (κ1) is 18.6. The molecule has 1 fully saturated rings. The van der Waals surface area contributed by atoms with Crippen LogP contribution >= 0.6 is 11.8 Å². The number of rotatable bonds is 6. The van der Waals surface area contributed by atoms with Crippen LogP contribution < -0.4 is 5.32 Å². The molecule has 1 aliphatic carbocycles. The highest BCUT2D eigenvalue weighted by molar-refractivity contribution is 8.00. The van der Waals surface area contributed by atoms with Gasteiger partial charge in [-0.25, -0.2) is 4.68 Å². The number of tetrazole rings is 1. The number of aromatic nitrogens is 4. The van der Waals surface area contributed by atoms with Crippen molar-refractivity contribution in [1.82, 2.24) is 20.2 Å². The molecule has 138 valence electrons. The van der Waals surface area contributed by atoms with Crippen molar-refractivity contribution in [3.05, 3.63) is 29.8 Å². The smallest absolute Gasteiger partial charge is 0.221 e. The summed E-state index contributed by atoms with van der Waals surface area (Å²) < 4.78 is 1.88. The van der Waals surface area contributed by atoms with Gasteiger partial charge in [-0.1, -0.05) is 31.0 Å². The molecule has 2 aromatic rings. The van der Waals surface area contributed by atoms with Crippen LogP contribution in [0.3, 0.4) is 0 Å². The summed E-state index contributed by atoms with van der Waals surface area (Å²) in [5, 5.41) is 15.2. The number of carbonyl (C=O) groups is 2. The van der Waals surface area contributed by atoms with E-state index in [4.69, 9.17) is 0 Å². The number of thioether (sulfide) groups is 1. The second-order valence-electron chi connectivity index (χ2n) is 6.58. The molecule has 1 aliphatic rings. The molecule has 7 nitrogen and oxygen atoms in total. The first-order valence-corrected chi connectivity index (χ1v) is 9.79. The fraction of sp³-hybridized carbons (Fsp3) is 0.500. The van der Waals surface area contributed by atoms with E-state index in [1.54, 1.807) is 24.3 Å². The van der Waals surface area contributed by atoms with Crippen LogP contribution in [0.2, 0.25) is 0 Å². The largest absolute Gasteiger partial charge is 0.326 e. The monoisotopic (exact) mass is 373 g/mol. The minimum atomic E-state index is -0.296. The molecule has 1 saturated carbocycles. The Kier molecular flexibility index (Phi) is 6.03. The SMILES string of the molecule is CC(=O)Nc1ccc(C(=O)[C@H](C)Sc2nnnn2C2CCCCC2)cc1. The molecule has 3 rings (SSSR count). The number of anilines is 1. The minimum absolute atomic E-state index is 0.0163. The molecule has 0 bridgehead atoms. The minimum Gasteiger partial charge on any atom is -0.326 e. The first-order valence-electron chi connectivity index (χ1n) is 8.91. The third kappa shape index (κ3) is 4.49. The van der Waals surface area contributed by atoms with Crippen LogP contribution in [0.5, 0.6) is 0 Å². The molecule has 1 N–H and O–H groups in total. The Labute approximate surface area is 156 Å². The maximum atomic E-state index is 12.7. The summed E-state index contributed by atoms with van der Waals surface area (Å²) in [6.45, 7) is 3.32. The van der Waals surface area contributed by atoms with E-state index in [1.165, 1.54) is 37.9 Å². The fourth-order valence-electron chi connectivity index (χ4n) is 3.19. The van der Waals surface area contributed by atoms with Gasteiger partial charge in [0.15, 0.2) is 5.78 Å². The molecule has 1 amide bonds. The number of Topliss-reactive ketones (excluding diaryl/α,β-unsaturated/α-hetero) is 1. The summed E-state index contributed by atoms with van der Waals surface area (Å²) in [6.07, 6.45) is 5.84. The van der Waals surface area contributed by atoms with Crippen molar-refractivity contribution < 1.29 is 9.59 Å². The van der Waals surface area contributed by atoms with Gasteiger partial charge in [0.25, 0.3) is 0 Å². The summed E-state index contributed by atoms with van der Waals surface area (Å²) in [5.41, 5.74) is 1.28. The highest BCUT2D eigenvalue weighted by Gasteiger charge is 2.24. The Morgan fingerprint density at radius 1 is 1.19 bits per heavy atom. The number of benzene rings is 1. The van der Waals surface area contributed by atoms with E-state index in [0.717, 1.165) is 12.8 Å². The highest BCUT2D eigenvalue weighted by atomic mass is 32.2. The van der Waals surface area contributed by atoms with Crippen LogP contribution in [0, 0.1) is 0 Å². The van der Waals surface area contributed by atoms with Gasteiger partial charge >= 0.3 is 0 Å². The molecule has 0 aliphatic heterocycles. The zero-order valence-corrected chi connectivity index (χ0v) is 15.8. The van der Waals surface area contributed by atoms with Gasteiger partial charge in [0.1, 0.15) is 0 Å². The lowest BCUT2D eigenvalue weighted by atomic mass is 9.96. The van der Waals surface area contributed by atoms with Crippen molar-refractivity contribution in [2.24, 2.45) is 0 Å². The summed E-state index contributed by atoms with van der Waals surface area (Å²) >= 11 is 1.40. The van der Waals surface area contributed by atoms with Gasteiger partial charge in [0.2, 0.25) is 11.1 Å². The molecular formula is C18H23N5O2S. The molecule has 0 unspecified atom stereocenters. The quantitative estimate of drug-likeness (QED) is 0.616. The molecule has 1 aromatic heterocycles. The second-order valence-corrected chi connectivity index (χ2v) is 7.89. The topological polar surface area (TPSA) is 89.8 Å². The molecular weight excluding hydrogens is 350 g/mol. The lowest BCUT2D eigenvalue weighted by Crippen LogP contribution is -2.18. The van der Waals surface area contributed by atoms with Crippen LogP contribution in [0.4, 0.5) is 5.69 Å². The van der Waals surface area contributed by atoms with Crippen LogP contribution in [0.15, 0.2) is 29.4 Å². The summed E-state index contributed by atoms with van der Waals surface area (Å²) in [6, 6.07) is 7.26. The fourth-order valence-corrected chi connectivity index (χ4v) is 4.12. The number of amides is 1. The van der Waals surface area contributed by atoms with Crippen molar-refractivity contribution in [2.45, 2.75) is 62.4 Å². The normalized spacial score (nSPS) is 16.2. The van der Waals surface area contributed by atoms with Gasteiger partial charge in [-0.3, -0.25) is 9.59 Å². The predicted octanol–water partition coefficient (Wildman–Crippen LogP) is 3.50. The zero-order chi connectivity index (χ0) is 18.5. The van der Waals surface area contributed by atoms with E-state index in [1.807, 2.05) is 11.6 Å². The predicted molar refractivity (Wildman–Crippen MR) is 100 cm³/mol. The van der Waals surface area contributed by atoms with Gasteiger partial charge in [0.05, 0.1) is 11.3 Å². The van der Waals surface area contributed by atoms with Crippen molar-refractivity contribution in [3.63, 3.8) is 0 Å². The lowest BCUT2D eigenvalue weighted by molar-refractivity contribution is -0.114. The molecule has 0 radical (unpaired) electrons. The maximum Gasteiger partial charge on any atom is 0.221 e. The first-order chi connectivity index (χ1) is 12.5. The number of carbonyl (C=O) groups excluding carboxylic acids is 2. The number of hydrogen-bond acceptors (Lipinski definition) is 6. The van der Waals surface area contributed by atoms with Gasteiger partial charge in [-0.15, -0.1) is 5.10 Å². The number of ketones is 1. The van der Waals surface area contributed by atoms with Gasteiger partial charge in [-0.2, -0.15) is 0 Å². The number of nitrogens with zero attached hydrogens (tertiary/aromatic N) is 4. The Morgan fingerprint density at radius 3 is 2.54 bits per heavy atom. The van der Waals surface area contributed by atoms with Crippen molar-refractivity contribution in [3.8, 4) is 0 Å². The molecule has 1 heterocycles. The van der Waals surface area contributed by atoms with Crippen LogP contribution in [-0.2, 0) is 4.79 Å². The van der Waals surface area contributed by atoms with Crippen molar-refractivity contribution >= 4 is 29.1 Å². The lowest BCUT2D eigenvalue weighted by Gasteiger charge is -2.22. The Balaban J connectivity index is 1.66. The van der Waals surface area contributed by atoms with Crippen molar-refractivity contribution in [1.29, 1.82) is 0 Å². The van der Waals surface area contributed by atoms with Crippen LogP contribution in [0.25, 0.3) is 0 Å². The van der Waals surface area contributed by atoms with Crippen molar-refractivity contribution in [2.75, 3.05) is 5.32 Å². The molecule has 8 heteroatoms. The van der Waals surface area contributed by atoms with E-state index in [9.17, 15) is 9.59 Å². The average molecular weight is 373 g/mol. The summed E-state index contributed by atoms with van der Waals surface area (Å²) in [7, 11) is 0. The van der Waals surface area contributed by atoms with E-state index < -0.39 is 0 Å². The Bertz CT molecular complexity index is 768. The number of nitrogens with one attached hydrogen (secondary N) is 1. The Morgan fingerprint density at radius 2 is 1.88 bits per heavy atom. The molecule has 0 spiro atoms. The second kappa shape index (κ2) is 8.44. The Hall–Kier alpha value is -2.22. The molecule has 0 saturated heterocycles. The highest BCUT2D eigenvalue weighted by Crippen LogP contribution is 2.32. The summed E-state index contributed by atoms with van der Waals surface area (Å²) in [4.78, 5) is 23.8. The number of hydrogen-bond donors (Lipinski definition) is 1.